The van der Waals surface area contributed by atoms with Gasteiger partial charge in [0.15, 0.2) is 0 Å². The fourth-order valence-corrected chi connectivity index (χ4v) is 2.88. The Morgan fingerprint density at radius 2 is 1.95 bits per heavy atom. The summed E-state index contributed by atoms with van der Waals surface area (Å²) in [5.41, 5.74) is 4.61. The number of hydrogen-bond donors (Lipinski definition) is 1. The Morgan fingerprint density at radius 3 is 2.64 bits per heavy atom. The van der Waals surface area contributed by atoms with Crippen LogP contribution in [0.2, 0.25) is 0 Å². The Hall–Kier alpha value is -2.55. The molecule has 0 atom stereocenters. The van der Waals surface area contributed by atoms with Crippen LogP contribution in [0.4, 0.5) is 0 Å². The van der Waals surface area contributed by atoms with Crippen LogP contribution in [0.3, 0.4) is 0 Å². The van der Waals surface area contributed by atoms with Gasteiger partial charge in [-0.25, -0.2) is 4.79 Å². The molecule has 1 N–H and O–H groups in total. The molecular formula is C19H18O3. The molecule has 22 heavy (non-hydrogen) atoms. The van der Waals surface area contributed by atoms with Crippen molar-refractivity contribution >= 4 is 11.5 Å². The van der Waals surface area contributed by atoms with Crippen LogP contribution in [-0.4, -0.2) is 17.7 Å². The minimum absolute atomic E-state index is 0.286. The van der Waals surface area contributed by atoms with Gasteiger partial charge in [0.25, 0.3) is 0 Å². The summed E-state index contributed by atoms with van der Waals surface area (Å²) in [6.45, 7) is 2.70. The van der Waals surface area contributed by atoms with Crippen molar-refractivity contribution in [2.45, 2.75) is 19.8 Å². The molecule has 2 aromatic carbocycles. The van der Waals surface area contributed by atoms with E-state index >= 15 is 0 Å². The maximum Gasteiger partial charge on any atom is 0.335 e. The van der Waals surface area contributed by atoms with Gasteiger partial charge in [-0.1, -0.05) is 43.7 Å². The fraction of sp³-hybridized carbons (Fsp3) is 0.211. The van der Waals surface area contributed by atoms with Gasteiger partial charge in [0.05, 0.1) is 5.56 Å². The van der Waals surface area contributed by atoms with E-state index in [1.165, 1.54) is 5.57 Å². The van der Waals surface area contributed by atoms with Crippen LogP contribution in [0.15, 0.2) is 54.1 Å². The number of fused-ring (bicyclic) bond motifs is 1. The molecule has 0 spiro atoms. The van der Waals surface area contributed by atoms with Crippen molar-refractivity contribution in [1.29, 1.82) is 0 Å². The van der Waals surface area contributed by atoms with E-state index in [0.717, 1.165) is 35.3 Å². The highest BCUT2D eigenvalue weighted by Gasteiger charge is 2.22. The quantitative estimate of drug-likeness (QED) is 0.910. The highest BCUT2D eigenvalue weighted by molar-refractivity contribution is 5.93. The second kappa shape index (κ2) is 6.06. The zero-order chi connectivity index (χ0) is 15.5. The van der Waals surface area contributed by atoms with Crippen molar-refractivity contribution in [3.63, 3.8) is 0 Å². The smallest absolute Gasteiger partial charge is 0.335 e. The van der Waals surface area contributed by atoms with E-state index in [4.69, 9.17) is 4.74 Å². The number of carboxylic acids is 1. The van der Waals surface area contributed by atoms with Crippen LogP contribution in [0.25, 0.3) is 5.57 Å². The standard InChI is InChI=1S/C19H18O3/c1-2-6-15-12-22-17-10-9-14(19(20)21)11-16(17)18(15)13-7-4-3-5-8-13/h3-5,7-11H,2,6,12H2,1H3,(H,20,21). The molecule has 112 valence electrons. The van der Waals surface area contributed by atoms with E-state index in [2.05, 4.69) is 19.1 Å². The number of aromatic carboxylic acids is 1. The Labute approximate surface area is 129 Å². The number of rotatable bonds is 4. The molecule has 3 rings (SSSR count). The van der Waals surface area contributed by atoms with Gasteiger partial charge < -0.3 is 9.84 Å². The topological polar surface area (TPSA) is 46.5 Å². The van der Waals surface area contributed by atoms with E-state index in [0.29, 0.717) is 6.61 Å². The van der Waals surface area contributed by atoms with Crippen LogP contribution < -0.4 is 4.74 Å². The van der Waals surface area contributed by atoms with E-state index < -0.39 is 5.97 Å². The highest BCUT2D eigenvalue weighted by atomic mass is 16.5. The summed E-state index contributed by atoms with van der Waals surface area (Å²) < 4.78 is 5.82. The third-order valence-corrected chi connectivity index (χ3v) is 3.87. The number of hydrogen-bond acceptors (Lipinski definition) is 2. The van der Waals surface area contributed by atoms with Crippen LogP contribution in [-0.2, 0) is 0 Å². The van der Waals surface area contributed by atoms with Gasteiger partial charge in [0.1, 0.15) is 12.4 Å². The number of carboxylic acid groups (broad SMARTS) is 1. The first-order valence-electron chi connectivity index (χ1n) is 7.48. The lowest BCUT2D eigenvalue weighted by Gasteiger charge is -2.25. The third kappa shape index (κ3) is 2.62. The normalized spacial score (nSPS) is 13.5. The molecular weight excluding hydrogens is 276 g/mol. The molecule has 1 heterocycles. The Bertz CT molecular complexity index is 730. The van der Waals surface area contributed by atoms with E-state index in [9.17, 15) is 9.90 Å². The highest BCUT2D eigenvalue weighted by Crippen LogP contribution is 2.39. The van der Waals surface area contributed by atoms with Gasteiger partial charge in [-0.2, -0.15) is 0 Å². The molecule has 0 aromatic heterocycles. The molecule has 3 nitrogen and oxygen atoms in total. The summed E-state index contributed by atoms with van der Waals surface area (Å²) in [5.74, 6) is -0.165. The van der Waals surface area contributed by atoms with Crippen molar-refractivity contribution in [2.24, 2.45) is 0 Å². The largest absolute Gasteiger partial charge is 0.489 e. The van der Waals surface area contributed by atoms with Gasteiger partial charge in [-0.3, -0.25) is 0 Å². The first-order chi connectivity index (χ1) is 10.7. The summed E-state index contributed by atoms with van der Waals surface area (Å²) in [5, 5.41) is 9.26. The molecule has 0 saturated carbocycles. The van der Waals surface area contributed by atoms with Crippen LogP contribution in [0.5, 0.6) is 5.75 Å². The number of ether oxygens (including phenoxy) is 1. The second-order valence-corrected chi connectivity index (χ2v) is 5.40. The molecule has 0 saturated heterocycles. The van der Waals surface area contributed by atoms with E-state index in [1.807, 2.05) is 18.2 Å². The van der Waals surface area contributed by atoms with E-state index in [-0.39, 0.29) is 5.56 Å². The Kier molecular flexibility index (Phi) is 3.96. The molecule has 1 aliphatic heterocycles. The van der Waals surface area contributed by atoms with Crippen molar-refractivity contribution in [3.8, 4) is 5.75 Å². The second-order valence-electron chi connectivity index (χ2n) is 5.40. The molecule has 1 aliphatic rings. The van der Waals surface area contributed by atoms with Crippen LogP contribution >= 0.6 is 0 Å². The zero-order valence-corrected chi connectivity index (χ0v) is 12.5. The Balaban J connectivity index is 2.21. The lowest BCUT2D eigenvalue weighted by atomic mass is 9.88. The average Bonchev–Trinajstić information content (AvgIpc) is 2.55. The SMILES string of the molecule is CCCC1=C(c2ccccc2)c2cc(C(=O)O)ccc2OC1. The van der Waals surface area contributed by atoms with Gasteiger partial charge in [0.2, 0.25) is 0 Å². The summed E-state index contributed by atoms with van der Waals surface area (Å²) in [4.78, 5) is 11.3. The van der Waals surface area contributed by atoms with Gasteiger partial charge in [-0.15, -0.1) is 0 Å². The molecule has 0 unspecified atom stereocenters. The van der Waals surface area contributed by atoms with Crippen molar-refractivity contribution in [1.82, 2.24) is 0 Å². The minimum Gasteiger partial charge on any atom is -0.489 e. The van der Waals surface area contributed by atoms with Crippen LogP contribution in [0, 0.1) is 0 Å². The Morgan fingerprint density at radius 1 is 1.18 bits per heavy atom. The minimum atomic E-state index is -0.919. The van der Waals surface area contributed by atoms with Crippen LogP contribution in [0.1, 0.15) is 41.3 Å². The lowest BCUT2D eigenvalue weighted by Crippen LogP contribution is -2.13. The first-order valence-corrected chi connectivity index (χ1v) is 7.48. The molecule has 3 heteroatoms. The van der Waals surface area contributed by atoms with Gasteiger partial charge in [-0.05, 0) is 41.3 Å². The maximum absolute atomic E-state index is 11.3. The van der Waals surface area contributed by atoms with E-state index in [1.54, 1.807) is 18.2 Å². The maximum atomic E-state index is 11.3. The van der Waals surface area contributed by atoms with Gasteiger partial charge >= 0.3 is 5.97 Å². The fourth-order valence-electron chi connectivity index (χ4n) is 2.88. The molecule has 0 fully saturated rings. The van der Waals surface area contributed by atoms with Crippen molar-refractivity contribution in [2.75, 3.05) is 6.61 Å². The first kappa shape index (κ1) is 14.4. The summed E-state index contributed by atoms with van der Waals surface area (Å²) in [7, 11) is 0. The molecule has 0 radical (unpaired) electrons. The summed E-state index contributed by atoms with van der Waals surface area (Å²) in [6, 6.07) is 15.2. The monoisotopic (exact) mass is 294 g/mol. The predicted octanol–water partition coefficient (Wildman–Crippen LogP) is 4.38. The molecule has 0 aliphatic carbocycles. The number of benzene rings is 2. The average molecular weight is 294 g/mol. The number of carbonyl (C=O) groups is 1. The molecule has 2 aromatic rings. The third-order valence-electron chi connectivity index (χ3n) is 3.87. The van der Waals surface area contributed by atoms with Crippen molar-refractivity contribution < 1.29 is 14.6 Å². The van der Waals surface area contributed by atoms with Gasteiger partial charge in [0, 0.05) is 5.56 Å². The lowest BCUT2D eigenvalue weighted by molar-refractivity contribution is 0.0697. The predicted molar refractivity (Wildman–Crippen MR) is 86.3 cm³/mol. The molecule has 0 amide bonds. The summed E-state index contributed by atoms with van der Waals surface area (Å²) in [6.07, 6.45) is 1.98. The van der Waals surface area contributed by atoms with Crippen molar-refractivity contribution in [3.05, 3.63) is 70.8 Å². The molecule has 0 bridgehead atoms. The zero-order valence-electron chi connectivity index (χ0n) is 12.5. The summed E-state index contributed by atoms with van der Waals surface area (Å²) >= 11 is 0.